The van der Waals surface area contributed by atoms with Crippen LogP contribution in [0.5, 0.6) is 0 Å². The lowest BCUT2D eigenvalue weighted by Gasteiger charge is -2.26. The Bertz CT molecular complexity index is 605. The average molecular weight is 279 g/mol. The van der Waals surface area contributed by atoms with Crippen LogP contribution in [0.2, 0.25) is 5.02 Å². The molecule has 2 rings (SSSR count). The van der Waals surface area contributed by atoms with E-state index in [1.54, 1.807) is 18.2 Å². The van der Waals surface area contributed by atoms with Crippen molar-refractivity contribution in [2.45, 2.75) is 34.1 Å². The summed E-state index contributed by atoms with van der Waals surface area (Å²) in [6.45, 7) is 8.52. The second-order valence-electron chi connectivity index (χ2n) is 6.19. The maximum atomic E-state index is 12.2. The molecule has 0 bridgehead atoms. The van der Waals surface area contributed by atoms with Gasteiger partial charge in [-0.3, -0.25) is 4.79 Å². The third kappa shape index (κ3) is 3.19. The maximum absolute atomic E-state index is 12.2. The molecule has 1 unspecified atom stereocenters. The van der Waals surface area contributed by atoms with Crippen molar-refractivity contribution in [3.05, 3.63) is 35.0 Å². The Kier molecular flexibility index (Phi) is 3.73. The molecular weight excluding hydrogens is 260 g/mol. The van der Waals surface area contributed by atoms with Gasteiger partial charge in [-0.05, 0) is 35.6 Å². The Morgan fingerprint density at radius 1 is 1.32 bits per heavy atom. The number of rotatable bonds is 3. The Balaban J connectivity index is 2.22. The van der Waals surface area contributed by atoms with E-state index in [2.05, 4.69) is 27.7 Å². The number of carbonyl (C=O) groups excluding carboxylic acids is 1. The van der Waals surface area contributed by atoms with Gasteiger partial charge in [0, 0.05) is 16.8 Å². The van der Waals surface area contributed by atoms with Crippen molar-refractivity contribution in [2.75, 3.05) is 0 Å². The normalized spacial score (nSPS) is 13.7. The standard InChI is InChI=1S/C16H19ClO2/c1-10(16(2,3)4)7-13(18)15-9-11-8-12(17)5-6-14(11)19-15/h5-6,8-10H,7H2,1-4H3. The highest BCUT2D eigenvalue weighted by Gasteiger charge is 2.24. The van der Waals surface area contributed by atoms with Gasteiger partial charge in [-0.2, -0.15) is 0 Å². The van der Waals surface area contributed by atoms with Crippen LogP contribution in [0.25, 0.3) is 11.0 Å². The number of benzene rings is 1. The summed E-state index contributed by atoms with van der Waals surface area (Å²) in [6, 6.07) is 7.14. The second kappa shape index (κ2) is 5.01. The zero-order valence-electron chi connectivity index (χ0n) is 11.8. The first kappa shape index (κ1) is 14.1. The van der Waals surface area contributed by atoms with Gasteiger partial charge in [0.15, 0.2) is 11.5 Å². The van der Waals surface area contributed by atoms with Crippen LogP contribution in [0.4, 0.5) is 0 Å². The molecule has 0 aliphatic carbocycles. The van der Waals surface area contributed by atoms with E-state index in [9.17, 15) is 4.79 Å². The van der Waals surface area contributed by atoms with Crippen molar-refractivity contribution in [3.8, 4) is 0 Å². The third-order valence-electron chi connectivity index (χ3n) is 3.72. The highest BCUT2D eigenvalue weighted by molar-refractivity contribution is 6.31. The molecule has 3 heteroatoms. The Morgan fingerprint density at radius 2 is 2.00 bits per heavy atom. The monoisotopic (exact) mass is 278 g/mol. The fourth-order valence-electron chi connectivity index (χ4n) is 1.84. The summed E-state index contributed by atoms with van der Waals surface area (Å²) in [7, 11) is 0. The van der Waals surface area contributed by atoms with Crippen molar-refractivity contribution < 1.29 is 9.21 Å². The molecule has 0 spiro atoms. The topological polar surface area (TPSA) is 30.2 Å². The van der Waals surface area contributed by atoms with Crippen molar-refractivity contribution >= 4 is 28.4 Å². The van der Waals surface area contributed by atoms with Gasteiger partial charge in [-0.15, -0.1) is 0 Å². The van der Waals surface area contributed by atoms with Crippen LogP contribution in [-0.2, 0) is 0 Å². The highest BCUT2D eigenvalue weighted by atomic mass is 35.5. The molecule has 1 aromatic heterocycles. The minimum atomic E-state index is 0.0507. The largest absolute Gasteiger partial charge is 0.453 e. The van der Waals surface area contributed by atoms with E-state index in [0.29, 0.717) is 28.7 Å². The quantitative estimate of drug-likeness (QED) is 0.709. The summed E-state index contributed by atoms with van der Waals surface area (Å²) in [5, 5.41) is 1.52. The van der Waals surface area contributed by atoms with Crippen molar-refractivity contribution in [2.24, 2.45) is 11.3 Å². The van der Waals surface area contributed by atoms with E-state index in [4.69, 9.17) is 16.0 Å². The van der Waals surface area contributed by atoms with Crippen molar-refractivity contribution in [1.29, 1.82) is 0 Å². The molecule has 102 valence electrons. The predicted molar refractivity (Wildman–Crippen MR) is 78.8 cm³/mol. The average Bonchev–Trinajstić information content (AvgIpc) is 2.70. The fraction of sp³-hybridized carbons (Fsp3) is 0.438. The van der Waals surface area contributed by atoms with Gasteiger partial charge in [-0.25, -0.2) is 0 Å². The van der Waals surface area contributed by atoms with E-state index in [1.807, 2.05) is 6.07 Å². The Morgan fingerprint density at radius 3 is 2.63 bits per heavy atom. The van der Waals surface area contributed by atoms with Crippen molar-refractivity contribution in [3.63, 3.8) is 0 Å². The molecular formula is C16H19ClO2. The van der Waals surface area contributed by atoms with Gasteiger partial charge in [0.25, 0.3) is 0 Å². The molecule has 0 saturated heterocycles. The van der Waals surface area contributed by atoms with E-state index in [0.717, 1.165) is 5.39 Å². The number of ketones is 1. The summed E-state index contributed by atoms with van der Waals surface area (Å²) in [4.78, 5) is 12.2. The smallest absolute Gasteiger partial charge is 0.198 e. The number of hydrogen-bond acceptors (Lipinski definition) is 2. The SMILES string of the molecule is CC(CC(=O)c1cc2cc(Cl)ccc2o1)C(C)(C)C. The van der Waals surface area contributed by atoms with Gasteiger partial charge in [0.2, 0.25) is 0 Å². The molecule has 0 aliphatic rings. The minimum absolute atomic E-state index is 0.0507. The van der Waals surface area contributed by atoms with E-state index in [1.165, 1.54) is 0 Å². The van der Waals surface area contributed by atoms with Gasteiger partial charge in [-0.1, -0.05) is 39.3 Å². The highest BCUT2D eigenvalue weighted by Crippen LogP contribution is 2.30. The van der Waals surface area contributed by atoms with E-state index in [-0.39, 0.29) is 11.2 Å². The second-order valence-corrected chi connectivity index (χ2v) is 6.62. The molecule has 1 heterocycles. The summed E-state index contributed by atoms with van der Waals surface area (Å²) >= 11 is 5.93. The Labute approximate surface area is 118 Å². The lowest BCUT2D eigenvalue weighted by molar-refractivity contribution is 0.0902. The first-order valence-electron chi connectivity index (χ1n) is 6.49. The first-order valence-corrected chi connectivity index (χ1v) is 6.87. The minimum Gasteiger partial charge on any atom is -0.453 e. The molecule has 0 fully saturated rings. The molecule has 0 radical (unpaired) electrons. The summed E-state index contributed by atoms with van der Waals surface area (Å²) in [6.07, 6.45) is 0.497. The molecule has 0 aliphatic heterocycles. The zero-order chi connectivity index (χ0) is 14.2. The van der Waals surface area contributed by atoms with Crippen LogP contribution in [-0.4, -0.2) is 5.78 Å². The number of Topliss-reactive ketones (excluding diaryl/α,β-unsaturated/α-hetero) is 1. The molecule has 0 amide bonds. The zero-order valence-corrected chi connectivity index (χ0v) is 12.5. The van der Waals surface area contributed by atoms with E-state index >= 15 is 0 Å². The van der Waals surface area contributed by atoms with Crippen LogP contribution < -0.4 is 0 Å². The molecule has 2 nitrogen and oxygen atoms in total. The summed E-state index contributed by atoms with van der Waals surface area (Å²) in [5.74, 6) is 0.778. The van der Waals surface area contributed by atoms with Crippen LogP contribution in [0, 0.1) is 11.3 Å². The number of furan rings is 1. The lowest BCUT2D eigenvalue weighted by Crippen LogP contribution is -2.20. The van der Waals surface area contributed by atoms with E-state index < -0.39 is 0 Å². The molecule has 0 saturated carbocycles. The summed E-state index contributed by atoms with van der Waals surface area (Å²) in [5.41, 5.74) is 0.821. The number of carbonyl (C=O) groups is 1. The van der Waals surface area contributed by atoms with Crippen LogP contribution in [0.1, 0.15) is 44.7 Å². The summed E-state index contributed by atoms with van der Waals surface area (Å²) < 4.78 is 5.59. The molecule has 1 atom stereocenters. The first-order chi connectivity index (χ1) is 8.77. The van der Waals surface area contributed by atoms with Gasteiger partial charge < -0.3 is 4.42 Å². The third-order valence-corrected chi connectivity index (χ3v) is 3.96. The van der Waals surface area contributed by atoms with Gasteiger partial charge >= 0.3 is 0 Å². The molecule has 2 aromatic rings. The molecule has 19 heavy (non-hydrogen) atoms. The predicted octanol–water partition coefficient (Wildman–Crippen LogP) is 5.34. The van der Waals surface area contributed by atoms with Gasteiger partial charge in [0.05, 0.1) is 0 Å². The number of hydrogen-bond donors (Lipinski definition) is 0. The lowest BCUT2D eigenvalue weighted by atomic mass is 9.79. The van der Waals surface area contributed by atoms with Crippen LogP contribution in [0.15, 0.2) is 28.7 Å². The number of halogens is 1. The van der Waals surface area contributed by atoms with Crippen LogP contribution in [0.3, 0.4) is 0 Å². The Hall–Kier alpha value is -1.28. The van der Waals surface area contributed by atoms with Gasteiger partial charge in [0.1, 0.15) is 5.58 Å². The number of fused-ring (bicyclic) bond motifs is 1. The molecule has 0 N–H and O–H groups in total. The molecule has 1 aromatic carbocycles. The fourth-order valence-corrected chi connectivity index (χ4v) is 2.02. The maximum Gasteiger partial charge on any atom is 0.198 e. The van der Waals surface area contributed by atoms with Crippen LogP contribution >= 0.6 is 11.6 Å². The van der Waals surface area contributed by atoms with Crippen molar-refractivity contribution in [1.82, 2.24) is 0 Å².